The number of nitrogens with zero attached hydrogens (tertiary/aromatic N) is 1. The molecule has 3 aliphatic rings. The monoisotopic (exact) mass is 181 g/mol. The lowest BCUT2D eigenvalue weighted by molar-refractivity contribution is -0.207. The predicted molar refractivity (Wildman–Crippen MR) is 51.3 cm³/mol. The third-order valence-corrected chi connectivity index (χ3v) is 4.38. The van der Waals surface area contributed by atoms with E-state index in [2.05, 4.69) is 18.9 Å². The molecule has 0 aromatic heterocycles. The lowest BCUT2D eigenvalue weighted by atomic mass is 9.93. The zero-order chi connectivity index (χ0) is 9.05. The molecule has 1 spiro atoms. The molecular formula is C11H19NO. The van der Waals surface area contributed by atoms with Crippen molar-refractivity contribution in [2.24, 2.45) is 17.8 Å². The molecule has 2 nitrogen and oxygen atoms in total. The van der Waals surface area contributed by atoms with Gasteiger partial charge in [0.15, 0.2) is 0 Å². The molecule has 2 heteroatoms. The Bertz CT molecular complexity index is 226. The first-order valence-electron chi connectivity index (χ1n) is 5.60. The second kappa shape index (κ2) is 2.48. The first-order chi connectivity index (χ1) is 6.25. The standard InChI is InChI=1S/C11H19NO/c1-8-6-9-7-10(9)11(8)12(2)4-3-5-13-11/h8-10H,3-7H2,1-2H3/t8-,9+,10-,11+/m0/s1. The van der Waals surface area contributed by atoms with Crippen molar-refractivity contribution in [3.05, 3.63) is 0 Å². The Labute approximate surface area is 80.2 Å². The van der Waals surface area contributed by atoms with Gasteiger partial charge in [-0.15, -0.1) is 0 Å². The second-order valence-electron chi connectivity index (χ2n) is 5.11. The quantitative estimate of drug-likeness (QED) is 0.564. The van der Waals surface area contributed by atoms with Crippen molar-refractivity contribution in [2.45, 2.75) is 31.9 Å². The Balaban J connectivity index is 1.91. The van der Waals surface area contributed by atoms with Crippen LogP contribution in [0, 0.1) is 17.8 Å². The summed E-state index contributed by atoms with van der Waals surface area (Å²) in [4.78, 5) is 2.48. The average Bonchev–Trinajstić information content (AvgIpc) is 2.80. The minimum Gasteiger partial charge on any atom is -0.360 e. The molecule has 0 aromatic rings. The molecule has 0 N–H and O–H groups in total. The molecule has 1 heterocycles. The summed E-state index contributed by atoms with van der Waals surface area (Å²) in [5.41, 5.74) is 0.156. The summed E-state index contributed by atoms with van der Waals surface area (Å²) in [6.45, 7) is 4.58. The minimum absolute atomic E-state index is 0.156. The summed E-state index contributed by atoms with van der Waals surface area (Å²) in [6.07, 6.45) is 4.03. The van der Waals surface area contributed by atoms with Crippen molar-refractivity contribution in [1.29, 1.82) is 0 Å². The highest BCUT2D eigenvalue weighted by molar-refractivity contribution is 5.11. The Kier molecular flexibility index (Phi) is 1.58. The van der Waals surface area contributed by atoms with Crippen LogP contribution in [0.15, 0.2) is 0 Å². The molecule has 3 rings (SSSR count). The Morgan fingerprint density at radius 2 is 2.23 bits per heavy atom. The van der Waals surface area contributed by atoms with Gasteiger partial charge in [-0.1, -0.05) is 6.92 Å². The maximum absolute atomic E-state index is 6.13. The van der Waals surface area contributed by atoms with Gasteiger partial charge in [-0.25, -0.2) is 0 Å². The average molecular weight is 181 g/mol. The molecule has 0 amide bonds. The highest BCUT2D eigenvalue weighted by Crippen LogP contribution is 2.63. The summed E-state index contributed by atoms with van der Waals surface area (Å²) in [7, 11) is 2.25. The normalized spacial score (nSPS) is 55.4. The fraction of sp³-hybridized carbons (Fsp3) is 1.00. The largest absolute Gasteiger partial charge is 0.360 e. The zero-order valence-corrected chi connectivity index (χ0v) is 8.62. The SMILES string of the molecule is C[C@H]1C[C@@H]2C[C@@H]2[C@]12OCCCN2C. The molecular weight excluding hydrogens is 162 g/mol. The second-order valence-corrected chi connectivity index (χ2v) is 5.11. The molecule has 0 bridgehead atoms. The third kappa shape index (κ3) is 0.909. The van der Waals surface area contributed by atoms with Crippen molar-refractivity contribution < 1.29 is 4.74 Å². The molecule has 0 radical (unpaired) electrons. The fourth-order valence-corrected chi connectivity index (χ4v) is 3.73. The Hall–Kier alpha value is -0.0800. The molecule has 13 heavy (non-hydrogen) atoms. The molecule has 0 aromatic carbocycles. The summed E-state index contributed by atoms with van der Waals surface area (Å²) in [5, 5.41) is 0. The van der Waals surface area contributed by atoms with E-state index in [9.17, 15) is 0 Å². The molecule has 3 fully saturated rings. The molecule has 2 aliphatic carbocycles. The van der Waals surface area contributed by atoms with Crippen LogP contribution in [0.25, 0.3) is 0 Å². The van der Waals surface area contributed by atoms with Gasteiger partial charge in [-0.05, 0) is 38.1 Å². The number of ether oxygens (including phenoxy) is 1. The molecule has 1 aliphatic heterocycles. The van der Waals surface area contributed by atoms with Gasteiger partial charge < -0.3 is 4.74 Å². The zero-order valence-electron chi connectivity index (χ0n) is 8.62. The van der Waals surface area contributed by atoms with Crippen molar-refractivity contribution in [2.75, 3.05) is 20.2 Å². The molecule has 2 saturated carbocycles. The van der Waals surface area contributed by atoms with Gasteiger partial charge in [0, 0.05) is 12.5 Å². The van der Waals surface area contributed by atoms with Gasteiger partial charge >= 0.3 is 0 Å². The van der Waals surface area contributed by atoms with Gasteiger partial charge in [0.05, 0.1) is 6.61 Å². The molecule has 74 valence electrons. The first-order valence-corrected chi connectivity index (χ1v) is 5.60. The highest BCUT2D eigenvalue weighted by atomic mass is 16.5. The van der Waals surface area contributed by atoms with E-state index in [1.54, 1.807) is 0 Å². The number of hydrogen-bond donors (Lipinski definition) is 0. The Morgan fingerprint density at radius 3 is 2.85 bits per heavy atom. The maximum Gasteiger partial charge on any atom is 0.127 e. The minimum atomic E-state index is 0.156. The summed E-state index contributed by atoms with van der Waals surface area (Å²) in [5.74, 6) is 2.62. The van der Waals surface area contributed by atoms with E-state index < -0.39 is 0 Å². The number of hydrogen-bond acceptors (Lipinski definition) is 2. The van der Waals surface area contributed by atoms with Crippen LogP contribution in [-0.2, 0) is 4.74 Å². The lowest BCUT2D eigenvalue weighted by Crippen LogP contribution is -2.56. The topological polar surface area (TPSA) is 12.5 Å². The van der Waals surface area contributed by atoms with Crippen LogP contribution in [0.4, 0.5) is 0 Å². The third-order valence-electron chi connectivity index (χ3n) is 4.38. The van der Waals surface area contributed by atoms with Crippen molar-refractivity contribution >= 4 is 0 Å². The van der Waals surface area contributed by atoms with Crippen LogP contribution in [0.2, 0.25) is 0 Å². The summed E-state index contributed by atoms with van der Waals surface area (Å²) >= 11 is 0. The van der Waals surface area contributed by atoms with Gasteiger partial charge in [0.1, 0.15) is 5.72 Å². The summed E-state index contributed by atoms with van der Waals surface area (Å²) in [6, 6.07) is 0. The van der Waals surface area contributed by atoms with Crippen LogP contribution in [0.5, 0.6) is 0 Å². The van der Waals surface area contributed by atoms with E-state index in [-0.39, 0.29) is 5.72 Å². The molecule has 4 atom stereocenters. The van der Waals surface area contributed by atoms with Gasteiger partial charge in [-0.3, -0.25) is 4.90 Å². The fourth-order valence-electron chi connectivity index (χ4n) is 3.73. The van der Waals surface area contributed by atoms with Crippen LogP contribution in [0.3, 0.4) is 0 Å². The predicted octanol–water partition coefficient (Wildman–Crippen LogP) is 1.71. The van der Waals surface area contributed by atoms with Crippen molar-refractivity contribution in [3.8, 4) is 0 Å². The van der Waals surface area contributed by atoms with E-state index in [4.69, 9.17) is 4.74 Å². The van der Waals surface area contributed by atoms with Gasteiger partial charge in [-0.2, -0.15) is 0 Å². The van der Waals surface area contributed by atoms with Crippen molar-refractivity contribution in [1.82, 2.24) is 4.90 Å². The molecule has 1 saturated heterocycles. The summed E-state index contributed by atoms with van der Waals surface area (Å²) < 4.78 is 6.13. The van der Waals surface area contributed by atoms with E-state index in [1.165, 1.54) is 25.8 Å². The van der Waals surface area contributed by atoms with E-state index in [1.807, 2.05) is 0 Å². The van der Waals surface area contributed by atoms with Crippen LogP contribution in [-0.4, -0.2) is 30.8 Å². The smallest absolute Gasteiger partial charge is 0.127 e. The van der Waals surface area contributed by atoms with E-state index in [0.717, 1.165) is 24.4 Å². The van der Waals surface area contributed by atoms with Crippen molar-refractivity contribution in [3.63, 3.8) is 0 Å². The van der Waals surface area contributed by atoms with Crippen LogP contribution < -0.4 is 0 Å². The van der Waals surface area contributed by atoms with Gasteiger partial charge in [0.2, 0.25) is 0 Å². The van der Waals surface area contributed by atoms with Gasteiger partial charge in [0.25, 0.3) is 0 Å². The van der Waals surface area contributed by atoms with E-state index in [0.29, 0.717) is 0 Å². The first kappa shape index (κ1) is 8.25. The number of rotatable bonds is 0. The lowest BCUT2D eigenvalue weighted by Gasteiger charge is -2.47. The van der Waals surface area contributed by atoms with Crippen LogP contribution >= 0.6 is 0 Å². The van der Waals surface area contributed by atoms with Crippen LogP contribution in [0.1, 0.15) is 26.2 Å². The number of fused-ring (bicyclic) bond motifs is 2. The Morgan fingerprint density at radius 1 is 1.38 bits per heavy atom. The molecule has 0 unspecified atom stereocenters. The maximum atomic E-state index is 6.13. The highest BCUT2D eigenvalue weighted by Gasteiger charge is 2.64. The van der Waals surface area contributed by atoms with E-state index >= 15 is 0 Å².